The quantitative estimate of drug-likeness (QED) is 0.817. The van der Waals surface area contributed by atoms with E-state index in [4.69, 9.17) is 16.0 Å². The monoisotopic (exact) mass is 358 g/mol. The van der Waals surface area contributed by atoms with E-state index in [1.54, 1.807) is 12.1 Å². The van der Waals surface area contributed by atoms with E-state index in [1.807, 2.05) is 6.07 Å². The molecule has 2 aromatic rings. The molecule has 0 bridgehead atoms. The Hall–Kier alpha value is -1.11. The van der Waals surface area contributed by atoms with Crippen molar-refractivity contribution in [3.05, 3.63) is 33.6 Å². The van der Waals surface area contributed by atoms with Gasteiger partial charge in [-0.15, -0.1) is 5.10 Å². The molecule has 7 heteroatoms. The molecule has 108 valence electrons. The number of halogens is 2. The van der Waals surface area contributed by atoms with Gasteiger partial charge in [-0.2, -0.15) is 0 Å². The van der Waals surface area contributed by atoms with Crippen LogP contribution in [0.25, 0.3) is 0 Å². The predicted molar refractivity (Wildman–Crippen MR) is 83.3 cm³/mol. The van der Waals surface area contributed by atoms with Crippen molar-refractivity contribution < 1.29 is 4.42 Å². The Morgan fingerprint density at radius 2 is 2.15 bits per heavy atom. The van der Waals surface area contributed by atoms with Crippen molar-refractivity contribution in [2.24, 2.45) is 5.92 Å². The maximum absolute atomic E-state index is 5.95. The Kier molecular flexibility index (Phi) is 5.39. The van der Waals surface area contributed by atoms with E-state index in [1.165, 1.54) is 0 Å². The Morgan fingerprint density at radius 1 is 1.35 bits per heavy atom. The standard InChI is InChI=1S/C13H16BrClN4O/c1-8(2)6-16-7-12-18-19-13(20-12)17-11-5-9(15)3-4-10(11)14/h3-5,8,16H,6-7H2,1-2H3,(H,17,19). The molecular formula is C13H16BrClN4O. The maximum atomic E-state index is 5.95. The number of rotatable bonds is 6. The van der Waals surface area contributed by atoms with Crippen molar-refractivity contribution in [1.82, 2.24) is 15.5 Å². The number of anilines is 2. The van der Waals surface area contributed by atoms with Crippen molar-refractivity contribution in [3.8, 4) is 0 Å². The highest BCUT2D eigenvalue weighted by Crippen LogP contribution is 2.28. The molecular weight excluding hydrogens is 344 g/mol. The number of benzene rings is 1. The van der Waals surface area contributed by atoms with Gasteiger partial charge in [-0.25, -0.2) is 0 Å². The van der Waals surface area contributed by atoms with Crippen molar-refractivity contribution >= 4 is 39.2 Å². The molecule has 5 nitrogen and oxygen atoms in total. The number of hydrogen-bond donors (Lipinski definition) is 2. The molecule has 0 amide bonds. The van der Waals surface area contributed by atoms with Gasteiger partial charge in [-0.1, -0.05) is 30.5 Å². The first-order chi connectivity index (χ1) is 9.54. The Bertz CT molecular complexity index is 573. The van der Waals surface area contributed by atoms with Gasteiger partial charge in [0.25, 0.3) is 0 Å². The van der Waals surface area contributed by atoms with E-state index in [0.29, 0.717) is 29.4 Å². The summed E-state index contributed by atoms with van der Waals surface area (Å²) >= 11 is 9.38. The van der Waals surface area contributed by atoms with E-state index in [-0.39, 0.29) is 0 Å². The van der Waals surface area contributed by atoms with Crippen molar-refractivity contribution in [1.29, 1.82) is 0 Å². The lowest BCUT2D eigenvalue weighted by atomic mass is 10.2. The fourth-order valence-electron chi connectivity index (χ4n) is 1.55. The molecule has 0 saturated heterocycles. The van der Waals surface area contributed by atoms with Gasteiger partial charge >= 0.3 is 6.01 Å². The van der Waals surface area contributed by atoms with Gasteiger partial charge in [-0.05, 0) is 46.6 Å². The summed E-state index contributed by atoms with van der Waals surface area (Å²) < 4.78 is 6.38. The molecule has 1 aromatic heterocycles. The minimum atomic E-state index is 0.342. The third-order valence-electron chi connectivity index (χ3n) is 2.47. The van der Waals surface area contributed by atoms with Crippen LogP contribution in [0.5, 0.6) is 0 Å². The first-order valence-corrected chi connectivity index (χ1v) is 7.47. The van der Waals surface area contributed by atoms with Crippen molar-refractivity contribution in [3.63, 3.8) is 0 Å². The molecule has 2 N–H and O–H groups in total. The van der Waals surface area contributed by atoms with Crippen LogP contribution < -0.4 is 10.6 Å². The molecule has 0 saturated carbocycles. The van der Waals surface area contributed by atoms with Crippen LogP contribution in [0.1, 0.15) is 19.7 Å². The maximum Gasteiger partial charge on any atom is 0.320 e. The summed E-state index contributed by atoms with van der Waals surface area (Å²) in [7, 11) is 0. The van der Waals surface area contributed by atoms with E-state index in [0.717, 1.165) is 16.7 Å². The molecule has 0 aliphatic heterocycles. The fourth-order valence-corrected chi connectivity index (χ4v) is 2.07. The molecule has 0 aliphatic rings. The highest BCUT2D eigenvalue weighted by Gasteiger charge is 2.08. The lowest BCUT2D eigenvalue weighted by molar-refractivity contribution is 0.460. The molecule has 0 radical (unpaired) electrons. The SMILES string of the molecule is CC(C)CNCc1nnc(Nc2cc(Cl)ccc2Br)o1. The Balaban J connectivity index is 1.97. The summed E-state index contributed by atoms with van der Waals surface area (Å²) in [6.45, 7) is 5.75. The average Bonchev–Trinajstić information content (AvgIpc) is 2.81. The summed E-state index contributed by atoms with van der Waals surface area (Å²) in [5.74, 6) is 1.13. The van der Waals surface area contributed by atoms with Gasteiger partial charge in [0.2, 0.25) is 5.89 Å². The van der Waals surface area contributed by atoms with Gasteiger partial charge in [0.1, 0.15) is 0 Å². The highest BCUT2D eigenvalue weighted by molar-refractivity contribution is 9.10. The van der Waals surface area contributed by atoms with Gasteiger partial charge < -0.3 is 15.1 Å². The molecule has 20 heavy (non-hydrogen) atoms. The van der Waals surface area contributed by atoms with Crippen LogP contribution in [-0.2, 0) is 6.54 Å². The number of aromatic nitrogens is 2. The highest BCUT2D eigenvalue weighted by atomic mass is 79.9. The molecule has 0 atom stereocenters. The van der Waals surface area contributed by atoms with Crippen LogP contribution in [0.3, 0.4) is 0 Å². The summed E-state index contributed by atoms with van der Waals surface area (Å²) in [6.07, 6.45) is 0. The van der Waals surface area contributed by atoms with Crippen LogP contribution in [0.15, 0.2) is 27.1 Å². The molecule has 0 spiro atoms. The van der Waals surface area contributed by atoms with Gasteiger partial charge in [0, 0.05) is 9.50 Å². The second kappa shape index (κ2) is 7.06. The van der Waals surface area contributed by atoms with Crippen LogP contribution in [0.4, 0.5) is 11.7 Å². The largest absolute Gasteiger partial charge is 0.406 e. The summed E-state index contributed by atoms with van der Waals surface area (Å²) in [5.41, 5.74) is 0.780. The van der Waals surface area contributed by atoms with E-state index in [2.05, 4.69) is 50.6 Å². The molecule has 2 rings (SSSR count). The third kappa shape index (κ3) is 4.47. The smallest absolute Gasteiger partial charge is 0.320 e. The van der Waals surface area contributed by atoms with Crippen LogP contribution in [-0.4, -0.2) is 16.7 Å². The topological polar surface area (TPSA) is 63.0 Å². The van der Waals surface area contributed by atoms with E-state index in [9.17, 15) is 0 Å². The van der Waals surface area contributed by atoms with Gasteiger partial charge in [0.05, 0.1) is 12.2 Å². The Labute approximate surface area is 131 Å². The van der Waals surface area contributed by atoms with Crippen LogP contribution >= 0.6 is 27.5 Å². The second-order valence-electron chi connectivity index (χ2n) is 4.77. The van der Waals surface area contributed by atoms with Gasteiger partial charge in [-0.3, -0.25) is 0 Å². The number of hydrogen-bond acceptors (Lipinski definition) is 5. The minimum absolute atomic E-state index is 0.342. The summed E-state index contributed by atoms with van der Waals surface area (Å²) in [6, 6.07) is 5.78. The first-order valence-electron chi connectivity index (χ1n) is 6.30. The molecule has 1 heterocycles. The average molecular weight is 360 g/mol. The van der Waals surface area contributed by atoms with Crippen LogP contribution in [0, 0.1) is 5.92 Å². The van der Waals surface area contributed by atoms with Crippen molar-refractivity contribution in [2.45, 2.75) is 20.4 Å². The minimum Gasteiger partial charge on any atom is -0.406 e. The Morgan fingerprint density at radius 3 is 2.90 bits per heavy atom. The lowest BCUT2D eigenvalue weighted by Gasteiger charge is -2.05. The molecule has 1 aromatic carbocycles. The first kappa shape index (κ1) is 15.3. The molecule has 0 aliphatic carbocycles. The lowest BCUT2D eigenvalue weighted by Crippen LogP contribution is -2.19. The zero-order valence-corrected chi connectivity index (χ0v) is 13.6. The molecule has 0 fully saturated rings. The number of nitrogens with one attached hydrogen (secondary N) is 2. The molecule has 0 unspecified atom stereocenters. The normalized spacial score (nSPS) is 11.1. The second-order valence-corrected chi connectivity index (χ2v) is 6.07. The van der Waals surface area contributed by atoms with Crippen molar-refractivity contribution in [2.75, 3.05) is 11.9 Å². The van der Waals surface area contributed by atoms with Crippen LogP contribution in [0.2, 0.25) is 5.02 Å². The zero-order chi connectivity index (χ0) is 14.5. The summed E-state index contributed by atoms with van der Waals surface area (Å²) in [5, 5.41) is 14.8. The van der Waals surface area contributed by atoms with E-state index < -0.39 is 0 Å². The van der Waals surface area contributed by atoms with Gasteiger partial charge in [0.15, 0.2) is 0 Å². The van der Waals surface area contributed by atoms with E-state index >= 15 is 0 Å². The fraction of sp³-hybridized carbons (Fsp3) is 0.385. The summed E-state index contributed by atoms with van der Waals surface area (Å²) in [4.78, 5) is 0. The predicted octanol–water partition coefficient (Wildman–Crippen LogP) is 3.97. The zero-order valence-electron chi connectivity index (χ0n) is 11.3. The third-order valence-corrected chi connectivity index (χ3v) is 3.39. The number of nitrogens with zero attached hydrogens (tertiary/aromatic N) is 2.